The first kappa shape index (κ1) is 10.7. The molecular weight excluding hydrogens is 161 g/mol. The van der Waals surface area contributed by atoms with Crippen LogP contribution in [0.3, 0.4) is 0 Å². The van der Waals surface area contributed by atoms with E-state index in [1.165, 1.54) is 0 Å². The minimum atomic E-state index is -2.98. The molecule has 0 rings (SSSR count). The first-order chi connectivity index (χ1) is 5.12. The maximum Gasteiger partial charge on any atom is 0.212 e. The van der Waals surface area contributed by atoms with E-state index in [9.17, 15) is 9.46 Å². The van der Waals surface area contributed by atoms with Crippen molar-refractivity contribution in [3.63, 3.8) is 0 Å². The van der Waals surface area contributed by atoms with Gasteiger partial charge in [0, 0.05) is 6.16 Å². The van der Waals surface area contributed by atoms with Gasteiger partial charge < -0.3 is 10.6 Å². The molecule has 4 heteroatoms. The number of nitrogens with two attached hydrogens (primary N) is 1. The standard InChI is InChI=1S/C7H14NO2P/c1-2-3-6-11(9,10)7-4-5-8/h4-8H2,1H3,(H,9,10). The predicted molar refractivity (Wildman–Crippen MR) is 46.7 cm³/mol. The van der Waals surface area contributed by atoms with Gasteiger partial charge in [-0.25, -0.2) is 0 Å². The van der Waals surface area contributed by atoms with E-state index >= 15 is 0 Å². The van der Waals surface area contributed by atoms with E-state index in [0.29, 0.717) is 13.0 Å². The molecule has 3 nitrogen and oxygen atoms in total. The maximum absolute atomic E-state index is 11.1. The molecule has 0 spiro atoms. The summed E-state index contributed by atoms with van der Waals surface area (Å²) in [5.41, 5.74) is 5.20. The van der Waals surface area contributed by atoms with Crippen LogP contribution in [0.5, 0.6) is 0 Å². The Morgan fingerprint density at radius 1 is 1.64 bits per heavy atom. The van der Waals surface area contributed by atoms with Crippen LogP contribution in [0.15, 0.2) is 0 Å². The van der Waals surface area contributed by atoms with Crippen molar-refractivity contribution in [3.8, 4) is 11.8 Å². The molecule has 1 unspecified atom stereocenters. The summed E-state index contributed by atoms with van der Waals surface area (Å²) in [5.74, 6) is 5.18. The zero-order valence-corrected chi connectivity index (χ0v) is 7.60. The zero-order chi connectivity index (χ0) is 8.74. The highest BCUT2D eigenvalue weighted by atomic mass is 31.2. The van der Waals surface area contributed by atoms with E-state index in [1.54, 1.807) is 6.92 Å². The van der Waals surface area contributed by atoms with Crippen LogP contribution in [0.2, 0.25) is 0 Å². The predicted octanol–water partition coefficient (Wildman–Crippen LogP) is 0.629. The molecule has 0 fully saturated rings. The molecule has 0 saturated carbocycles. The van der Waals surface area contributed by atoms with Gasteiger partial charge in [0.15, 0.2) is 0 Å². The van der Waals surface area contributed by atoms with Gasteiger partial charge in [-0.15, -0.1) is 5.92 Å². The van der Waals surface area contributed by atoms with E-state index in [1.807, 2.05) is 0 Å². The second-order valence-electron chi connectivity index (χ2n) is 2.30. The van der Waals surface area contributed by atoms with E-state index in [4.69, 9.17) is 5.73 Å². The van der Waals surface area contributed by atoms with Crippen LogP contribution in [-0.4, -0.2) is 23.8 Å². The van der Waals surface area contributed by atoms with Crippen LogP contribution in [0, 0.1) is 11.8 Å². The van der Waals surface area contributed by atoms with Crippen molar-refractivity contribution in [1.29, 1.82) is 0 Å². The molecule has 0 bridgehead atoms. The lowest BCUT2D eigenvalue weighted by Crippen LogP contribution is -2.03. The van der Waals surface area contributed by atoms with Crippen LogP contribution in [0.4, 0.5) is 0 Å². The van der Waals surface area contributed by atoms with Gasteiger partial charge in [0.25, 0.3) is 0 Å². The Kier molecular flexibility index (Phi) is 5.23. The highest BCUT2D eigenvalue weighted by Crippen LogP contribution is 2.39. The summed E-state index contributed by atoms with van der Waals surface area (Å²) in [7, 11) is -2.98. The molecule has 0 aliphatic heterocycles. The summed E-state index contributed by atoms with van der Waals surface area (Å²) < 4.78 is 11.1. The van der Waals surface area contributed by atoms with Crippen LogP contribution in [-0.2, 0) is 4.57 Å². The van der Waals surface area contributed by atoms with E-state index < -0.39 is 7.37 Å². The zero-order valence-electron chi connectivity index (χ0n) is 6.71. The average Bonchev–Trinajstić information content (AvgIpc) is 1.97. The van der Waals surface area contributed by atoms with Gasteiger partial charge in [-0.2, -0.15) is 0 Å². The second-order valence-corrected chi connectivity index (χ2v) is 4.75. The minimum Gasteiger partial charge on any atom is -0.344 e. The smallest absolute Gasteiger partial charge is 0.212 e. The quantitative estimate of drug-likeness (QED) is 0.486. The van der Waals surface area contributed by atoms with Crippen LogP contribution in [0.1, 0.15) is 13.3 Å². The SMILES string of the molecule is CC#CCP(=O)(O)CCCN. The number of hydrogen-bond acceptors (Lipinski definition) is 2. The van der Waals surface area contributed by atoms with Crippen LogP contribution in [0.25, 0.3) is 0 Å². The summed E-state index contributed by atoms with van der Waals surface area (Å²) in [5, 5.41) is 0. The molecule has 0 aliphatic carbocycles. The Morgan fingerprint density at radius 2 is 2.27 bits per heavy atom. The molecule has 0 saturated heterocycles. The van der Waals surface area contributed by atoms with E-state index in [2.05, 4.69) is 11.8 Å². The van der Waals surface area contributed by atoms with Gasteiger partial charge >= 0.3 is 0 Å². The fraction of sp³-hybridized carbons (Fsp3) is 0.714. The van der Waals surface area contributed by atoms with Crippen molar-refractivity contribution >= 4 is 7.37 Å². The van der Waals surface area contributed by atoms with Crippen molar-refractivity contribution in [3.05, 3.63) is 0 Å². The molecule has 11 heavy (non-hydrogen) atoms. The molecule has 0 aromatic rings. The first-order valence-electron chi connectivity index (χ1n) is 3.53. The third kappa shape index (κ3) is 6.12. The summed E-state index contributed by atoms with van der Waals surface area (Å²) in [6.07, 6.45) is 0.987. The largest absolute Gasteiger partial charge is 0.344 e. The maximum atomic E-state index is 11.1. The second kappa shape index (κ2) is 5.37. The molecule has 0 aromatic carbocycles. The Hall–Kier alpha value is -0.290. The average molecular weight is 175 g/mol. The van der Waals surface area contributed by atoms with Crippen molar-refractivity contribution in [2.24, 2.45) is 5.73 Å². The molecule has 64 valence electrons. The summed E-state index contributed by atoms with van der Waals surface area (Å²) in [4.78, 5) is 9.17. The van der Waals surface area contributed by atoms with Crippen molar-refractivity contribution in [2.75, 3.05) is 18.9 Å². The Balaban J connectivity index is 3.77. The Morgan fingerprint density at radius 3 is 2.73 bits per heavy atom. The third-order valence-electron chi connectivity index (χ3n) is 1.21. The van der Waals surface area contributed by atoms with Crippen molar-refractivity contribution in [2.45, 2.75) is 13.3 Å². The lowest BCUT2D eigenvalue weighted by molar-refractivity contribution is 0.480. The number of hydrogen-bond donors (Lipinski definition) is 2. The van der Waals surface area contributed by atoms with Gasteiger partial charge in [0.2, 0.25) is 7.37 Å². The first-order valence-corrected chi connectivity index (χ1v) is 5.56. The van der Waals surface area contributed by atoms with Gasteiger partial charge in [-0.1, -0.05) is 5.92 Å². The molecule has 0 amide bonds. The molecule has 0 heterocycles. The van der Waals surface area contributed by atoms with Gasteiger partial charge in [-0.05, 0) is 19.9 Å². The molecule has 0 aliphatic rings. The van der Waals surface area contributed by atoms with Crippen LogP contribution < -0.4 is 5.73 Å². The van der Waals surface area contributed by atoms with Gasteiger partial charge in [-0.3, -0.25) is 4.57 Å². The Bertz CT molecular complexity index is 204. The lowest BCUT2D eigenvalue weighted by Gasteiger charge is -2.05. The fourth-order valence-corrected chi connectivity index (χ4v) is 1.86. The third-order valence-corrected chi connectivity index (χ3v) is 2.88. The highest BCUT2D eigenvalue weighted by Gasteiger charge is 2.14. The normalized spacial score (nSPS) is 14.8. The number of rotatable bonds is 4. The van der Waals surface area contributed by atoms with Crippen LogP contribution >= 0.6 is 7.37 Å². The molecule has 0 radical (unpaired) electrons. The van der Waals surface area contributed by atoms with E-state index in [-0.39, 0.29) is 12.3 Å². The fourth-order valence-electron chi connectivity index (χ4n) is 0.620. The summed E-state index contributed by atoms with van der Waals surface area (Å²) >= 11 is 0. The molecule has 3 N–H and O–H groups in total. The minimum absolute atomic E-state index is 0.101. The topological polar surface area (TPSA) is 63.3 Å². The Labute approximate surface area is 67.4 Å². The summed E-state index contributed by atoms with van der Waals surface area (Å²) in [6.45, 7) is 2.12. The van der Waals surface area contributed by atoms with Crippen molar-refractivity contribution < 1.29 is 9.46 Å². The molecule has 0 aromatic heterocycles. The summed E-state index contributed by atoms with van der Waals surface area (Å²) in [6, 6.07) is 0. The highest BCUT2D eigenvalue weighted by molar-refractivity contribution is 7.58. The van der Waals surface area contributed by atoms with E-state index in [0.717, 1.165) is 0 Å². The van der Waals surface area contributed by atoms with Crippen molar-refractivity contribution in [1.82, 2.24) is 0 Å². The van der Waals surface area contributed by atoms with Gasteiger partial charge in [0.1, 0.15) is 0 Å². The van der Waals surface area contributed by atoms with Gasteiger partial charge in [0.05, 0.1) is 6.16 Å². The molecular formula is C7H14NO2P. The molecule has 1 atom stereocenters. The lowest BCUT2D eigenvalue weighted by atomic mass is 10.5. The monoisotopic (exact) mass is 175 g/mol.